The summed E-state index contributed by atoms with van der Waals surface area (Å²) in [5, 5.41) is 4.29. The first-order valence-corrected chi connectivity index (χ1v) is 5.87. The van der Waals surface area contributed by atoms with E-state index < -0.39 is 0 Å². The van der Waals surface area contributed by atoms with E-state index in [9.17, 15) is 0 Å². The number of aromatic amines is 1. The van der Waals surface area contributed by atoms with Gasteiger partial charge in [0.25, 0.3) is 5.82 Å². The first-order valence-electron chi connectivity index (χ1n) is 5.87. The van der Waals surface area contributed by atoms with Gasteiger partial charge in [-0.05, 0) is 18.2 Å². The van der Waals surface area contributed by atoms with Crippen molar-refractivity contribution in [1.29, 1.82) is 0 Å². The summed E-state index contributed by atoms with van der Waals surface area (Å²) in [4.78, 5) is 10.9. The molecule has 0 unspecified atom stereocenters. The number of rotatable bonds is 2. The molecule has 0 saturated carbocycles. The summed E-state index contributed by atoms with van der Waals surface area (Å²) in [5.41, 5.74) is 1.53. The van der Waals surface area contributed by atoms with Crippen LogP contribution >= 0.6 is 0 Å². The first kappa shape index (κ1) is 13.8. The lowest BCUT2D eigenvalue weighted by molar-refractivity contribution is -0.359. The van der Waals surface area contributed by atoms with Crippen LogP contribution in [0.5, 0.6) is 0 Å². The average molecular weight is 283 g/mol. The Labute approximate surface area is 122 Å². The molecule has 0 spiro atoms. The third kappa shape index (κ3) is 2.85. The van der Waals surface area contributed by atoms with Gasteiger partial charge in [-0.3, -0.25) is 4.98 Å². The zero-order valence-electron chi connectivity index (χ0n) is 10.5. The monoisotopic (exact) mass is 282 g/mol. The van der Waals surface area contributed by atoms with Gasteiger partial charge >= 0.3 is 0 Å². The molecule has 0 aliphatic carbocycles. The number of aromatic nitrogens is 2. The molecule has 0 amide bonds. The van der Waals surface area contributed by atoms with Gasteiger partial charge in [0.2, 0.25) is 11.5 Å². The first-order chi connectivity index (χ1) is 9.35. The fourth-order valence-corrected chi connectivity index (χ4v) is 1.84. The highest BCUT2D eigenvalue weighted by atomic mass is 35.5. The molecule has 20 heavy (non-hydrogen) atoms. The Morgan fingerprint density at radius 1 is 1.05 bits per heavy atom. The number of para-hydroxylation sites is 1. The molecule has 2 heterocycles. The minimum atomic E-state index is 0. The Hall–Kier alpha value is -2.64. The third-order valence-electron chi connectivity index (χ3n) is 2.79. The number of halogens is 1. The summed E-state index contributed by atoms with van der Waals surface area (Å²) in [5.74, 6) is 1.57. The van der Waals surface area contributed by atoms with Crippen molar-refractivity contribution in [3.8, 4) is 0 Å². The Bertz CT molecular complexity index is 763. The number of nitrogens with one attached hydrogen (secondary N) is 2. The number of pyridine rings is 2. The van der Waals surface area contributed by atoms with Crippen LogP contribution in [0.3, 0.4) is 0 Å². The predicted octanol–water partition coefficient (Wildman–Crippen LogP) is 0.347. The summed E-state index contributed by atoms with van der Waals surface area (Å²) in [7, 11) is 0. The number of benzene rings is 1. The SMILES string of the molecule is [C-]#[N+]c1ccc(Nc2ccc3ccccc3n2)[nH+]c1.[Cl-]. The van der Waals surface area contributed by atoms with Crippen LogP contribution in [0.4, 0.5) is 17.3 Å². The van der Waals surface area contributed by atoms with Gasteiger partial charge in [0, 0.05) is 17.5 Å². The van der Waals surface area contributed by atoms with Crippen molar-refractivity contribution in [2.24, 2.45) is 0 Å². The molecule has 2 N–H and O–H groups in total. The summed E-state index contributed by atoms with van der Waals surface area (Å²) < 4.78 is 0. The standard InChI is InChI=1S/C15H10N4.ClH/c1-16-12-7-9-14(17-10-12)19-15-8-6-11-4-2-3-5-13(11)18-15;/h2-10H,(H,17,18,19);1H. The molecule has 3 aromatic rings. The van der Waals surface area contributed by atoms with E-state index in [4.69, 9.17) is 6.57 Å². The van der Waals surface area contributed by atoms with Crippen molar-refractivity contribution in [3.05, 3.63) is 66.1 Å². The van der Waals surface area contributed by atoms with Gasteiger partial charge in [0.1, 0.15) is 0 Å². The molecule has 2 aromatic heterocycles. The highest BCUT2D eigenvalue weighted by molar-refractivity contribution is 5.80. The van der Waals surface area contributed by atoms with Gasteiger partial charge in [-0.1, -0.05) is 18.2 Å². The summed E-state index contributed by atoms with van der Waals surface area (Å²) in [6.07, 6.45) is 1.66. The highest BCUT2D eigenvalue weighted by Gasteiger charge is 2.05. The van der Waals surface area contributed by atoms with Gasteiger partial charge in [-0.15, -0.1) is 0 Å². The third-order valence-corrected chi connectivity index (χ3v) is 2.79. The van der Waals surface area contributed by atoms with Gasteiger partial charge in [0.15, 0.2) is 0 Å². The normalized spacial score (nSPS) is 9.55. The molecule has 0 radical (unpaired) electrons. The van der Waals surface area contributed by atoms with Crippen molar-refractivity contribution in [2.75, 3.05) is 5.32 Å². The van der Waals surface area contributed by atoms with Gasteiger partial charge in [-0.2, -0.15) is 0 Å². The van der Waals surface area contributed by atoms with Gasteiger partial charge < -0.3 is 12.4 Å². The van der Waals surface area contributed by atoms with E-state index in [0.29, 0.717) is 5.69 Å². The van der Waals surface area contributed by atoms with Crippen LogP contribution in [-0.4, -0.2) is 4.98 Å². The van der Waals surface area contributed by atoms with Crippen LogP contribution in [0.2, 0.25) is 0 Å². The maximum atomic E-state index is 6.90. The van der Waals surface area contributed by atoms with E-state index in [2.05, 4.69) is 20.1 Å². The van der Waals surface area contributed by atoms with E-state index in [1.807, 2.05) is 42.5 Å². The van der Waals surface area contributed by atoms with Crippen LogP contribution < -0.4 is 22.7 Å². The number of fused-ring (bicyclic) bond motifs is 1. The van der Waals surface area contributed by atoms with Crippen molar-refractivity contribution < 1.29 is 17.4 Å². The Morgan fingerprint density at radius 3 is 2.65 bits per heavy atom. The smallest absolute Gasteiger partial charge is 0.276 e. The largest absolute Gasteiger partial charge is 1.00 e. The second-order valence-corrected chi connectivity index (χ2v) is 4.09. The van der Waals surface area contributed by atoms with Gasteiger partial charge in [-0.25, -0.2) is 15.1 Å². The Balaban J connectivity index is 0.00000147. The van der Waals surface area contributed by atoms with E-state index in [1.165, 1.54) is 0 Å². The lowest BCUT2D eigenvalue weighted by Crippen LogP contribution is -3.00. The number of anilines is 2. The number of H-pyrrole nitrogens is 1. The number of hydrogen-bond acceptors (Lipinski definition) is 2. The lowest BCUT2D eigenvalue weighted by Gasteiger charge is -2.00. The second-order valence-electron chi connectivity index (χ2n) is 4.09. The fraction of sp³-hybridized carbons (Fsp3) is 0. The van der Waals surface area contributed by atoms with E-state index >= 15 is 0 Å². The van der Waals surface area contributed by atoms with Crippen molar-refractivity contribution in [2.45, 2.75) is 0 Å². The zero-order valence-corrected chi connectivity index (χ0v) is 11.2. The van der Waals surface area contributed by atoms with Crippen LogP contribution in [-0.2, 0) is 0 Å². The highest BCUT2D eigenvalue weighted by Crippen LogP contribution is 2.17. The minimum Gasteiger partial charge on any atom is -1.00 e. The summed E-state index contributed by atoms with van der Waals surface area (Å²) in [6.45, 7) is 6.90. The molecule has 0 atom stereocenters. The van der Waals surface area contributed by atoms with Crippen molar-refractivity contribution in [3.63, 3.8) is 0 Å². The van der Waals surface area contributed by atoms with Crippen molar-refractivity contribution in [1.82, 2.24) is 4.98 Å². The van der Waals surface area contributed by atoms with Crippen LogP contribution in [0.1, 0.15) is 0 Å². The molecule has 0 fully saturated rings. The van der Waals surface area contributed by atoms with Crippen LogP contribution in [0, 0.1) is 6.57 Å². The zero-order chi connectivity index (χ0) is 13.1. The molecule has 0 aliphatic heterocycles. The van der Waals surface area contributed by atoms with E-state index in [-0.39, 0.29) is 12.4 Å². The van der Waals surface area contributed by atoms with Crippen molar-refractivity contribution >= 4 is 28.2 Å². The molecule has 3 rings (SSSR count). The number of nitrogens with zero attached hydrogens (tertiary/aromatic N) is 2. The average Bonchev–Trinajstić information content (AvgIpc) is 2.48. The molecule has 1 aromatic carbocycles. The number of hydrogen-bond donors (Lipinski definition) is 1. The molecular weight excluding hydrogens is 272 g/mol. The molecular formula is C15H11ClN4. The minimum absolute atomic E-state index is 0. The van der Waals surface area contributed by atoms with Crippen LogP contribution in [0.15, 0.2) is 54.7 Å². The quantitative estimate of drug-likeness (QED) is 0.689. The Kier molecular flexibility index (Phi) is 4.14. The molecule has 0 bridgehead atoms. The predicted molar refractivity (Wildman–Crippen MR) is 74.3 cm³/mol. The second kappa shape index (κ2) is 6.00. The molecule has 4 nitrogen and oxygen atoms in total. The molecule has 0 aliphatic rings. The maximum absolute atomic E-state index is 6.90. The van der Waals surface area contributed by atoms with E-state index in [0.717, 1.165) is 22.5 Å². The fourth-order valence-electron chi connectivity index (χ4n) is 1.84. The summed E-state index contributed by atoms with van der Waals surface area (Å²) >= 11 is 0. The topological polar surface area (TPSA) is 43.4 Å². The Morgan fingerprint density at radius 2 is 1.90 bits per heavy atom. The molecule has 0 saturated heterocycles. The molecule has 98 valence electrons. The van der Waals surface area contributed by atoms with E-state index in [1.54, 1.807) is 12.3 Å². The van der Waals surface area contributed by atoms with Gasteiger partial charge in [0.05, 0.1) is 18.3 Å². The maximum Gasteiger partial charge on any atom is 0.276 e. The molecule has 5 heteroatoms. The van der Waals surface area contributed by atoms with Crippen LogP contribution in [0.25, 0.3) is 15.7 Å². The summed E-state index contributed by atoms with van der Waals surface area (Å²) in [6, 6.07) is 15.5. The lowest BCUT2D eigenvalue weighted by atomic mass is 10.2.